The van der Waals surface area contributed by atoms with Crippen LogP contribution in [0.3, 0.4) is 0 Å². The van der Waals surface area contributed by atoms with Crippen molar-refractivity contribution in [2.45, 2.75) is 6.36 Å². The molecular weight excluding hydrogens is 359 g/mol. The molecule has 0 aliphatic carbocycles. The first-order chi connectivity index (χ1) is 9.40. The van der Waals surface area contributed by atoms with Crippen LogP contribution in [0.4, 0.5) is 13.2 Å². The fourth-order valence-electron chi connectivity index (χ4n) is 1.64. The quantitative estimate of drug-likeness (QED) is 0.687. The number of alkyl halides is 3. The Morgan fingerprint density at radius 3 is 2.50 bits per heavy atom. The van der Waals surface area contributed by atoms with E-state index in [2.05, 4.69) is 30.7 Å². The minimum atomic E-state index is -4.69. The molecule has 2 heterocycles. The number of hydrogen-bond acceptors (Lipinski definition) is 4. The molecule has 0 bridgehead atoms. The molecule has 9 heteroatoms. The van der Waals surface area contributed by atoms with E-state index in [0.29, 0.717) is 20.1 Å². The Hall–Kier alpha value is -1.61. The van der Waals surface area contributed by atoms with E-state index in [9.17, 15) is 13.2 Å². The number of nitrogens with zero attached hydrogens (tertiary/aromatic N) is 3. The van der Waals surface area contributed by atoms with E-state index in [1.165, 1.54) is 35.6 Å². The first-order valence-electron chi connectivity index (χ1n) is 5.29. The minimum absolute atomic E-state index is 0.261. The van der Waals surface area contributed by atoms with Gasteiger partial charge in [0.25, 0.3) is 0 Å². The Balaban J connectivity index is 1.88. The molecule has 3 aromatic rings. The lowest BCUT2D eigenvalue weighted by molar-refractivity contribution is -0.274. The monoisotopic (exact) mass is 363 g/mol. The number of benzene rings is 1. The van der Waals surface area contributed by atoms with Crippen molar-refractivity contribution in [2.24, 2.45) is 0 Å². The summed E-state index contributed by atoms with van der Waals surface area (Å²) in [6, 6.07) is 5.53. The maximum Gasteiger partial charge on any atom is 0.573 e. The second-order valence-corrected chi connectivity index (χ2v) is 6.01. The van der Waals surface area contributed by atoms with E-state index in [0.717, 1.165) is 0 Å². The third kappa shape index (κ3) is 2.78. The molecule has 0 radical (unpaired) electrons. The topological polar surface area (TPSA) is 39.4 Å². The van der Waals surface area contributed by atoms with Gasteiger partial charge in [-0.05, 0) is 40.2 Å². The molecular formula is C11H5BrF3N3OS. The van der Waals surface area contributed by atoms with Gasteiger partial charge in [-0.1, -0.05) is 11.3 Å². The number of aromatic nitrogens is 3. The maximum atomic E-state index is 12.1. The van der Waals surface area contributed by atoms with Crippen LogP contribution in [0.25, 0.3) is 16.2 Å². The summed E-state index contributed by atoms with van der Waals surface area (Å²) >= 11 is 4.61. The molecule has 0 unspecified atom stereocenters. The minimum Gasteiger partial charge on any atom is -0.406 e. The summed E-state index contributed by atoms with van der Waals surface area (Å²) in [6.45, 7) is 0. The lowest BCUT2D eigenvalue weighted by Crippen LogP contribution is -2.16. The SMILES string of the molecule is FC(F)(F)Oc1ccc(-c2cn3nc(Br)sc3n2)cc1. The lowest BCUT2D eigenvalue weighted by atomic mass is 10.2. The van der Waals surface area contributed by atoms with Gasteiger partial charge in [0.2, 0.25) is 4.96 Å². The molecule has 0 saturated heterocycles. The molecule has 0 amide bonds. The van der Waals surface area contributed by atoms with Gasteiger partial charge in [0.1, 0.15) is 5.75 Å². The fraction of sp³-hybridized carbons (Fsp3) is 0.0909. The van der Waals surface area contributed by atoms with Gasteiger partial charge in [-0.25, -0.2) is 9.50 Å². The maximum absolute atomic E-state index is 12.1. The summed E-state index contributed by atoms with van der Waals surface area (Å²) in [5, 5.41) is 4.14. The number of fused-ring (bicyclic) bond motifs is 1. The van der Waals surface area contributed by atoms with E-state index in [-0.39, 0.29) is 5.75 Å². The molecule has 0 fully saturated rings. The summed E-state index contributed by atoms with van der Waals surface area (Å²) in [7, 11) is 0. The summed E-state index contributed by atoms with van der Waals surface area (Å²) in [6.07, 6.45) is -2.98. The van der Waals surface area contributed by atoms with Gasteiger partial charge in [-0.15, -0.1) is 18.3 Å². The number of ether oxygens (including phenoxy) is 1. The van der Waals surface area contributed by atoms with E-state index >= 15 is 0 Å². The molecule has 104 valence electrons. The van der Waals surface area contributed by atoms with Crippen molar-refractivity contribution < 1.29 is 17.9 Å². The lowest BCUT2D eigenvalue weighted by Gasteiger charge is -2.08. The zero-order valence-electron chi connectivity index (χ0n) is 9.56. The highest BCUT2D eigenvalue weighted by Crippen LogP contribution is 2.27. The van der Waals surface area contributed by atoms with Crippen LogP contribution in [-0.2, 0) is 0 Å². The Kier molecular flexibility index (Phi) is 3.17. The molecule has 20 heavy (non-hydrogen) atoms. The molecule has 4 nitrogen and oxygen atoms in total. The molecule has 1 aromatic carbocycles. The summed E-state index contributed by atoms with van der Waals surface area (Å²) < 4.78 is 42.3. The van der Waals surface area contributed by atoms with Crippen molar-refractivity contribution in [2.75, 3.05) is 0 Å². The van der Waals surface area contributed by atoms with Crippen LogP contribution >= 0.6 is 27.3 Å². The van der Waals surface area contributed by atoms with Crippen molar-refractivity contribution in [1.29, 1.82) is 0 Å². The van der Waals surface area contributed by atoms with Gasteiger partial charge in [0.05, 0.1) is 11.9 Å². The van der Waals surface area contributed by atoms with Crippen molar-refractivity contribution in [1.82, 2.24) is 14.6 Å². The van der Waals surface area contributed by atoms with E-state index in [1.807, 2.05) is 0 Å². The fourth-order valence-corrected chi connectivity index (χ4v) is 2.86. The van der Waals surface area contributed by atoms with Gasteiger partial charge < -0.3 is 4.74 Å². The van der Waals surface area contributed by atoms with Gasteiger partial charge in [0.15, 0.2) is 3.92 Å². The standard InChI is InChI=1S/C11H5BrF3N3OS/c12-9-17-18-5-8(16-10(18)20-9)6-1-3-7(4-2-6)19-11(13,14)15/h1-5H. The highest BCUT2D eigenvalue weighted by atomic mass is 79.9. The van der Waals surface area contributed by atoms with Gasteiger partial charge >= 0.3 is 6.36 Å². The largest absolute Gasteiger partial charge is 0.573 e. The number of halogens is 4. The number of imidazole rings is 1. The average Bonchev–Trinajstić information content (AvgIpc) is 2.84. The summed E-state index contributed by atoms with van der Waals surface area (Å²) in [5.41, 5.74) is 1.32. The molecule has 0 atom stereocenters. The van der Waals surface area contributed by atoms with Gasteiger partial charge in [-0.3, -0.25) is 0 Å². The van der Waals surface area contributed by atoms with Crippen molar-refractivity contribution in [3.8, 4) is 17.0 Å². The Bertz CT molecular complexity index is 719. The Morgan fingerprint density at radius 2 is 1.90 bits per heavy atom. The van der Waals surface area contributed by atoms with Crippen molar-refractivity contribution in [3.05, 3.63) is 34.4 Å². The molecule has 0 aliphatic heterocycles. The molecule has 0 saturated carbocycles. The highest BCUT2D eigenvalue weighted by Gasteiger charge is 2.30. The van der Waals surface area contributed by atoms with Crippen LogP contribution in [0, 0.1) is 0 Å². The van der Waals surface area contributed by atoms with E-state index < -0.39 is 6.36 Å². The zero-order chi connectivity index (χ0) is 14.3. The molecule has 0 N–H and O–H groups in total. The van der Waals surface area contributed by atoms with Crippen LogP contribution in [-0.4, -0.2) is 21.0 Å². The predicted molar refractivity (Wildman–Crippen MR) is 70.7 cm³/mol. The van der Waals surface area contributed by atoms with Crippen LogP contribution in [0.15, 0.2) is 34.4 Å². The molecule has 3 rings (SSSR count). The Labute approximate surface area is 122 Å². The first kappa shape index (κ1) is 13.4. The van der Waals surface area contributed by atoms with Crippen LogP contribution in [0.5, 0.6) is 5.75 Å². The second kappa shape index (κ2) is 4.74. The normalized spacial score (nSPS) is 12.0. The smallest absolute Gasteiger partial charge is 0.406 e. The zero-order valence-corrected chi connectivity index (χ0v) is 12.0. The highest BCUT2D eigenvalue weighted by molar-refractivity contribution is 9.11. The van der Waals surface area contributed by atoms with Crippen LogP contribution in [0.2, 0.25) is 0 Å². The van der Waals surface area contributed by atoms with Crippen LogP contribution in [0.1, 0.15) is 0 Å². The number of hydrogen-bond donors (Lipinski definition) is 0. The average molecular weight is 364 g/mol. The third-order valence-electron chi connectivity index (χ3n) is 2.40. The third-order valence-corrected chi connectivity index (χ3v) is 3.76. The number of rotatable bonds is 2. The van der Waals surface area contributed by atoms with Crippen molar-refractivity contribution in [3.63, 3.8) is 0 Å². The molecule has 2 aromatic heterocycles. The second-order valence-electron chi connectivity index (χ2n) is 3.78. The predicted octanol–water partition coefficient (Wildman–Crippen LogP) is 4.12. The summed E-state index contributed by atoms with van der Waals surface area (Å²) in [4.78, 5) is 5.03. The first-order valence-corrected chi connectivity index (χ1v) is 6.89. The summed E-state index contributed by atoms with van der Waals surface area (Å²) in [5.74, 6) is -0.261. The van der Waals surface area contributed by atoms with E-state index in [1.54, 1.807) is 10.7 Å². The molecule has 0 aliphatic rings. The van der Waals surface area contributed by atoms with Crippen LogP contribution < -0.4 is 4.74 Å². The Morgan fingerprint density at radius 1 is 1.20 bits per heavy atom. The van der Waals surface area contributed by atoms with E-state index in [4.69, 9.17) is 0 Å². The van der Waals surface area contributed by atoms with Gasteiger partial charge in [0, 0.05) is 5.56 Å². The van der Waals surface area contributed by atoms with Crippen molar-refractivity contribution >= 4 is 32.2 Å². The van der Waals surface area contributed by atoms with Gasteiger partial charge in [-0.2, -0.15) is 0 Å². The molecule has 0 spiro atoms.